The van der Waals surface area contributed by atoms with Crippen molar-refractivity contribution in [3.8, 4) is 0 Å². The zero-order valence-corrected chi connectivity index (χ0v) is 72.8. The van der Waals surface area contributed by atoms with E-state index in [2.05, 4.69) is 251 Å². The highest BCUT2D eigenvalue weighted by Gasteiger charge is 2.53. The summed E-state index contributed by atoms with van der Waals surface area (Å²) in [6.45, 7) is 61.7. The monoisotopic (exact) mass is 1480 g/mol. The lowest BCUT2D eigenvalue weighted by Gasteiger charge is -2.56. The Kier molecular flexibility index (Phi) is 25.1. The second-order valence-electron chi connectivity index (χ2n) is 42.1. The summed E-state index contributed by atoms with van der Waals surface area (Å²) in [6, 6.07) is 1.40. The summed E-state index contributed by atoms with van der Waals surface area (Å²) < 4.78 is 0. The summed E-state index contributed by atoms with van der Waals surface area (Å²) in [4.78, 5) is 75.1. The van der Waals surface area contributed by atoms with E-state index in [1.54, 1.807) is 0 Å². The van der Waals surface area contributed by atoms with Gasteiger partial charge in [-0.05, 0) is 282 Å². The van der Waals surface area contributed by atoms with Crippen LogP contribution in [0.1, 0.15) is 295 Å². The second kappa shape index (κ2) is 31.4. The van der Waals surface area contributed by atoms with Crippen LogP contribution < -0.4 is 50.7 Å². The van der Waals surface area contributed by atoms with E-state index < -0.39 is 0 Å². The lowest BCUT2D eigenvalue weighted by molar-refractivity contribution is -0.266. The molecule has 24 nitrogen and oxygen atoms in total. The molecule has 2 aromatic heterocycles. The van der Waals surface area contributed by atoms with E-state index >= 15 is 0 Å². The van der Waals surface area contributed by atoms with Crippen LogP contribution in [0.15, 0.2) is 0 Å². The fourth-order valence-electron chi connectivity index (χ4n) is 23.3. The standard InChI is InChI=1S/C82H154N20O4/c1-71(2)45-59(46-72(3,4)89-71)93(25)65-83-67(87-69(85-65)99(57-35-41-95(103-27)42-36-57)63-53-79(17,18)101(105-29)80(19,20)54-63)97(61-49-75(9,10)91-76(11,12)50-61)39-33-31-32-34-40-98(62-51-77(13,14)92-78(15,16)52-62)68-84-66(94(26)60-47-73(5,6)90-74(7,8)48-60)86-70(88-68)100(58-37-43-96(104-28)44-38-58)64-55-81(21,22)102(106-30)82(23,24)56-64/h57-64,89-92H,31-56H2,1-30H3. The lowest BCUT2D eigenvalue weighted by Crippen LogP contribution is -2.65. The van der Waals surface area contributed by atoms with Gasteiger partial charge in [-0.15, -0.1) is 0 Å². The van der Waals surface area contributed by atoms with Gasteiger partial charge in [0, 0.05) is 168 Å². The van der Waals surface area contributed by atoms with E-state index in [1.807, 2.05) is 28.4 Å². The number of hydrogen-bond acceptors (Lipinski definition) is 24. The van der Waals surface area contributed by atoms with Crippen LogP contribution in [0.5, 0.6) is 0 Å². The second-order valence-corrected chi connectivity index (χ2v) is 42.1. The number of hydrogen-bond donors (Lipinski definition) is 4. The number of hydroxylamine groups is 8. The first kappa shape index (κ1) is 84.8. The third-order valence-electron chi connectivity index (χ3n) is 25.4. The Morgan fingerprint density at radius 2 is 0.528 bits per heavy atom. The van der Waals surface area contributed by atoms with Gasteiger partial charge >= 0.3 is 0 Å². The molecule has 0 amide bonds. The number of aromatic nitrogens is 6. The molecule has 4 N–H and O–H groups in total. The molecule has 0 bridgehead atoms. The molecule has 0 spiro atoms. The fourth-order valence-corrected chi connectivity index (χ4v) is 23.3. The summed E-state index contributed by atoms with van der Waals surface area (Å²) in [5.41, 5.74) is -1.88. The van der Waals surface area contributed by atoms with Gasteiger partial charge in [0.2, 0.25) is 35.7 Å². The topological polar surface area (TPSA) is 195 Å². The normalized spacial score (nSPS) is 26.9. The zero-order chi connectivity index (χ0) is 78.1. The predicted octanol–water partition coefficient (Wildman–Crippen LogP) is 12.9. The number of rotatable bonds is 25. The maximum Gasteiger partial charge on any atom is 0.232 e. The van der Waals surface area contributed by atoms with E-state index in [1.165, 1.54) is 0 Å². The van der Waals surface area contributed by atoms with Gasteiger partial charge in [-0.3, -0.25) is 0 Å². The van der Waals surface area contributed by atoms with E-state index in [9.17, 15) is 0 Å². The van der Waals surface area contributed by atoms with Crippen molar-refractivity contribution in [3.63, 3.8) is 0 Å². The van der Waals surface area contributed by atoms with Crippen molar-refractivity contribution in [2.75, 3.05) is 111 Å². The Hall–Kier alpha value is -3.66. The van der Waals surface area contributed by atoms with Crippen LogP contribution in [0.2, 0.25) is 0 Å². The van der Waals surface area contributed by atoms with E-state index in [0.717, 1.165) is 203 Å². The third kappa shape index (κ3) is 20.2. The molecule has 0 atom stereocenters. The number of anilines is 6. The molecule has 2 aromatic rings. The van der Waals surface area contributed by atoms with Crippen molar-refractivity contribution >= 4 is 35.7 Å². The molecule has 8 aliphatic heterocycles. The zero-order valence-electron chi connectivity index (χ0n) is 72.8. The van der Waals surface area contributed by atoms with Crippen LogP contribution in [-0.2, 0) is 19.4 Å². The van der Waals surface area contributed by atoms with Crippen molar-refractivity contribution in [2.24, 2.45) is 0 Å². The number of nitrogens with zero attached hydrogens (tertiary/aromatic N) is 16. The summed E-state index contributed by atoms with van der Waals surface area (Å²) in [6.07, 6.45) is 19.1. The molecule has 0 radical (unpaired) electrons. The van der Waals surface area contributed by atoms with Crippen LogP contribution in [0, 0.1) is 0 Å². The molecule has 8 aliphatic rings. The predicted molar refractivity (Wildman–Crippen MR) is 435 cm³/mol. The molecular formula is C82H154N20O4. The molecule has 0 saturated carbocycles. The van der Waals surface area contributed by atoms with Crippen molar-refractivity contribution in [3.05, 3.63) is 0 Å². The molecule has 0 unspecified atom stereocenters. The highest BCUT2D eigenvalue weighted by atomic mass is 16.7. The van der Waals surface area contributed by atoms with Gasteiger partial charge in [0.1, 0.15) is 0 Å². The van der Waals surface area contributed by atoms with Gasteiger partial charge in [-0.2, -0.15) is 50.2 Å². The van der Waals surface area contributed by atoms with Crippen LogP contribution in [0.4, 0.5) is 35.7 Å². The first-order valence-corrected chi connectivity index (χ1v) is 41.4. The van der Waals surface area contributed by atoms with E-state index in [0.29, 0.717) is 0 Å². The Bertz CT molecular complexity index is 2920. The highest BCUT2D eigenvalue weighted by Crippen LogP contribution is 2.47. The number of nitrogens with one attached hydrogen (secondary N) is 4. The molecule has 0 aliphatic carbocycles. The van der Waals surface area contributed by atoms with Gasteiger partial charge < -0.3 is 70.0 Å². The van der Waals surface area contributed by atoms with Crippen molar-refractivity contribution < 1.29 is 19.4 Å². The average Bonchev–Trinajstić information content (AvgIpc) is 0.747. The molecule has 0 aromatic carbocycles. The highest BCUT2D eigenvalue weighted by molar-refractivity contribution is 5.52. The maximum atomic E-state index is 6.28. The van der Waals surface area contributed by atoms with E-state index in [4.69, 9.17) is 49.3 Å². The van der Waals surface area contributed by atoms with Gasteiger partial charge in [0.05, 0.1) is 28.4 Å². The molecular weight excluding hydrogens is 1330 g/mol. The maximum absolute atomic E-state index is 6.28. The SMILES string of the molecule is CON1CCC(N(c2nc(N(C)C3CC(C)(C)NC(C)(C)C3)nc(N(CCCCCCN(c3nc(N(C)C4CC(C)(C)NC(C)(C)C4)nc(N(C4CCN(OC)CC4)C4CC(C)(C)N(OC)C(C)(C)C4)n3)C3CC(C)(C)NC(C)(C)C3)C3CC(C)(C)NC(C)(C)C3)n2)C2CC(C)(C)N(OC)C(C)(C)C2)CC1. The minimum atomic E-state index is -0.262. The molecule has 106 heavy (non-hydrogen) atoms. The summed E-state index contributed by atoms with van der Waals surface area (Å²) in [5.74, 6) is 4.70. The molecule has 10 rings (SSSR count). The lowest BCUT2D eigenvalue weighted by atomic mass is 9.77. The molecule has 24 heteroatoms. The summed E-state index contributed by atoms with van der Waals surface area (Å²) >= 11 is 0. The summed E-state index contributed by atoms with van der Waals surface area (Å²) in [7, 11) is 11.8. The van der Waals surface area contributed by atoms with Crippen LogP contribution in [0.3, 0.4) is 0 Å². The Balaban J connectivity index is 1.04. The Morgan fingerprint density at radius 1 is 0.292 bits per heavy atom. The van der Waals surface area contributed by atoms with Gasteiger partial charge in [-0.25, -0.2) is 0 Å². The van der Waals surface area contributed by atoms with Gasteiger partial charge in [0.15, 0.2) is 0 Å². The molecule has 8 fully saturated rings. The fraction of sp³-hybridized carbons (Fsp3) is 0.927. The van der Waals surface area contributed by atoms with Crippen molar-refractivity contribution in [2.45, 2.75) is 409 Å². The van der Waals surface area contributed by atoms with Crippen molar-refractivity contribution in [1.29, 1.82) is 0 Å². The minimum absolute atomic E-state index is 0.0828. The number of piperidine rings is 8. The van der Waals surface area contributed by atoms with Crippen LogP contribution >= 0.6 is 0 Å². The first-order chi connectivity index (χ1) is 48.9. The van der Waals surface area contributed by atoms with E-state index in [-0.39, 0.29) is 115 Å². The van der Waals surface area contributed by atoms with Crippen LogP contribution in [-0.4, -0.2) is 247 Å². The molecule has 606 valence electrons. The smallest absolute Gasteiger partial charge is 0.232 e. The number of unbranched alkanes of at least 4 members (excludes halogenated alkanes) is 3. The molecule has 10 heterocycles. The third-order valence-corrected chi connectivity index (χ3v) is 25.4. The Morgan fingerprint density at radius 3 is 0.774 bits per heavy atom. The van der Waals surface area contributed by atoms with Crippen LogP contribution in [0.25, 0.3) is 0 Å². The molecule has 8 saturated heterocycles. The van der Waals surface area contributed by atoms with Gasteiger partial charge in [-0.1, -0.05) is 12.8 Å². The van der Waals surface area contributed by atoms with Gasteiger partial charge in [0.25, 0.3) is 0 Å². The minimum Gasteiger partial charge on any atom is -0.341 e. The summed E-state index contributed by atoms with van der Waals surface area (Å²) in [5, 5.41) is 24.8. The first-order valence-electron chi connectivity index (χ1n) is 41.4. The average molecular weight is 1480 g/mol. The quantitative estimate of drug-likeness (QED) is 0.0685. The largest absolute Gasteiger partial charge is 0.341 e. The van der Waals surface area contributed by atoms with Crippen molar-refractivity contribution in [1.82, 2.24) is 71.4 Å². The Labute approximate surface area is 644 Å².